The lowest BCUT2D eigenvalue weighted by Crippen LogP contribution is -2.75. The van der Waals surface area contributed by atoms with E-state index in [1.54, 1.807) is 0 Å². The number of aromatic nitrogens is 2. The highest BCUT2D eigenvalue weighted by molar-refractivity contribution is 7.20. The van der Waals surface area contributed by atoms with Crippen LogP contribution in [0.3, 0.4) is 0 Å². The highest BCUT2D eigenvalue weighted by Gasteiger charge is 2.50. The molecule has 3 aliphatic carbocycles. The molecule has 1 heterocycles. The van der Waals surface area contributed by atoms with Gasteiger partial charge in [-0.3, -0.25) is 0 Å². The van der Waals surface area contributed by atoms with Gasteiger partial charge in [-0.1, -0.05) is 237 Å². The first-order valence-electron chi connectivity index (χ1n) is 21.9. The average molecular weight is 819 g/mol. The van der Waals surface area contributed by atoms with Gasteiger partial charge in [-0.25, -0.2) is 9.97 Å². The van der Waals surface area contributed by atoms with Crippen LogP contribution in [0.5, 0.6) is 0 Å². The fourth-order valence-electron chi connectivity index (χ4n) is 10.8. The number of hydrogen-bond acceptors (Lipinski definition) is 2. The number of nitrogens with zero attached hydrogens (tertiary/aromatic N) is 2. The molecule has 0 aliphatic heterocycles. The third kappa shape index (κ3) is 6.00. The van der Waals surface area contributed by atoms with Crippen LogP contribution in [0, 0.1) is 0 Å². The normalized spacial score (nSPS) is 14.7. The van der Waals surface area contributed by atoms with Gasteiger partial charge in [-0.2, -0.15) is 0 Å². The molecule has 3 aliphatic rings. The van der Waals surface area contributed by atoms with Gasteiger partial charge >= 0.3 is 0 Å². The molecular weight excluding hydrogens is 777 g/mol. The summed E-state index contributed by atoms with van der Waals surface area (Å²) in [7, 11) is -3.02. The average Bonchev–Trinajstić information content (AvgIpc) is 3.38. The largest absolute Gasteiger partial charge is 0.228 e. The van der Waals surface area contributed by atoms with E-state index in [1.165, 1.54) is 65.3 Å². The van der Waals surface area contributed by atoms with Gasteiger partial charge in [0.1, 0.15) is 0 Å². The highest BCUT2D eigenvalue weighted by atomic mass is 28.3. The molecule has 0 N–H and O–H groups in total. The van der Waals surface area contributed by atoms with Crippen LogP contribution in [0.2, 0.25) is 0 Å². The van der Waals surface area contributed by atoms with E-state index in [-0.39, 0.29) is 11.8 Å². The third-order valence-electron chi connectivity index (χ3n) is 13.4. The van der Waals surface area contributed by atoms with Crippen molar-refractivity contribution in [3.8, 4) is 45.0 Å². The van der Waals surface area contributed by atoms with Crippen LogP contribution in [0.1, 0.15) is 45.2 Å². The zero-order valence-corrected chi connectivity index (χ0v) is 35.6. The van der Waals surface area contributed by atoms with E-state index >= 15 is 0 Å². The Labute approximate surface area is 369 Å². The molecule has 0 saturated carbocycles. The smallest absolute Gasteiger partial charge is 0.179 e. The van der Waals surface area contributed by atoms with Gasteiger partial charge < -0.3 is 0 Å². The van der Waals surface area contributed by atoms with Crippen molar-refractivity contribution in [2.24, 2.45) is 0 Å². The van der Waals surface area contributed by atoms with Crippen LogP contribution >= 0.6 is 0 Å². The van der Waals surface area contributed by atoms with Crippen LogP contribution in [-0.4, -0.2) is 18.0 Å². The summed E-state index contributed by atoms with van der Waals surface area (Å²) in [5, 5.41) is 5.53. The maximum absolute atomic E-state index is 5.45. The first-order chi connectivity index (χ1) is 31.3. The fraction of sp³-hybridized carbons (Fsp3) is 0.0333. The topological polar surface area (TPSA) is 25.8 Å². The summed E-state index contributed by atoms with van der Waals surface area (Å²) in [6, 6.07) is 89.5. The Morgan fingerprint density at radius 1 is 0.302 bits per heavy atom. The van der Waals surface area contributed by atoms with Crippen LogP contribution in [0.15, 0.2) is 243 Å². The summed E-state index contributed by atoms with van der Waals surface area (Å²) < 4.78 is 0. The minimum atomic E-state index is -3.02. The van der Waals surface area contributed by atoms with E-state index in [1.807, 2.05) is 0 Å². The SMILES string of the molecule is c1ccc(-c2ccc([Si](c3ccccc3)(c3ccccc3)c3cccc4c3C3c5ccccc5C4c4cccc(-c5nc(-c6ccccc6)cc(-c6ccccc6)n5)c43)cc2)cc1. The third-order valence-corrected chi connectivity index (χ3v) is 18.3. The van der Waals surface area contributed by atoms with Gasteiger partial charge in [0.25, 0.3) is 0 Å². The second-order valence-corrected chi connectivity index (χ2v) is 20.5. The zero-order chi connectivity index (χ0) is 41.7. The van der Waals surface area contributed by atoms with Gasteiger partial charge in [0.05, 0.1) is 11.4 Å². The van der Waals surface area contributed by atoms with Crippen molar-refractivity contribution in [3.63, 3.8) is 0 Å². The summed E-state index contributed by atoms with van der Waals surface area (Å²) in [5.41, 5.74) is 15.7. The summed E-state index contributed by atoms with van der Waals surface area (Å²) >= 11 is 0. The molecule has 2 bridgehead atoms. The lowest BCUT2D eigenvalue weighted by atomic mass is 9.60. The van der Waals surface area contributed by atoms with Gasteiger partial charge in [0.2, 0.25) is 0 Å². The molecule has 13 rings (SSSR count). The fourth-order valence-corrected chi connectivity index (χ4v) is 15.8. The van der Waals surface area contributed by atoms with Crippen molar-refractivity contribution >= 4 is 28.8 Å². The summed E-state index contributed by atoms with van der Waals surface area (Å²) in [4.78, 5) is 10.9. The Kier molecular flexibility index (Phi) is 9.02. The minimum absolute atomic E-state index is 0.0457. The molecule has 10 aromatic rings. The molecule has 63 heavy (non-hydrogen) atoms. The zero-order valence-electron chi connectivity index (χ0n) is 34.6. The summed E-state index contributed by atoms with van der Waals surface area (Å²) in [6.45, 7) is 0. The molecule has 9 aromatic carbocycles. The molecule has 0 radical (unpaired) electrons. The molecule has 2 nitrogen and oxygen atoms in total. The second-order valence-electron chi connectivity index (χ2n) is 16.7. The first-order valence-corrected chi connectivity index (χ1v) is 23.9. The van der Waals surface area contributed by atoms with Gasteiger partial charge in [0.15, 0.2) is 13.9 Å². The monoisotopic (exact) mass is 818 g/mol. The van der Waals surface area contributed by atoms with E-state index < -0.39 is 8.07 Å². The second kappa shape index (κ2) is 15.3. The van der Waals surface area contributed by atoms with E-state index in [9.17, 15) is 0 Å². The molecule has 2 atom stereocenters. The maximum atomic E-state index is 5.45. The molecule has 0 amide bonds. The lowest BCUT2D eigenvalue weighted by Gasteiger charge is -2.46. The standard InChI is InChI=1S/C60H42N2Si/c1-6-20-41(21-7-1)42-36-38-47(39-37-42)63(45-26-12-4-13-27-45,46-28-14-5-15-29-46)55-35-19-33-51-56-48-30-16-17-31-49(48)59(58(51)55)57-50(56)32-18-34-52(57)60-61-53(43-22-8-2-9-23-43)40-54(62-60)44-24-10-3-11-25-44/h1-40,56,59H. The Morgan fingerprint density at radius 3 is 1.27 bits per heavy atom. The van der Waals surface area contributed by atoms with E-state index in [4.69, 9.17) is 9.97 Å². The minimum Gasteiger partial charge on any atom is -0.228 e. The Hall–Kier alpha value is -7.72. The molecule has 1 aromatic heterocycles. The predicted molar refractivity (Wildman–Crippen MR) is 262 cm³/mol. The molecule has 2 unspecified atom stereocenters. The van der Waals surface area contributed by atoms with Gasteiger partial charge in [-0.05, 0) is 71.3 Å². The molecule has 0 spiro atoms. The molecule has 296 valence electrons. The molecular formula is C60H42N2Si. The quantitative estimate of drug-likeness (QED) is 0.113. The van der Waals surface area contributed by atoms with Gasteiger partial charge in [-0.15, -0.1) is 0 Å². The number of benzene rings is 9. The van der Waals surface area contributed by atoms with Crippen molar-refractivity contribution < 1.29 is 0 Å². The summed E-state index contributed by atoms with van der Waals surface area (Å²) in [5.74, 6) is 0.763. The van der Waals surface area contributed by atoms with Crippen LogP contribution in [-0.2, 0) is 0 Å². The lowest BCUT2D eigenvalue weighted by molar-refractivity contribution is 0.759. The maximum Gasteiger partial charge on any atom is 0.179 e. The number of rotatable bonds is 8. The first kappa shape index (κ1) is 37.1. The van der Waals surface area contributed by atoms with Gasteiger partial charge in [0, 0.05) is 28.5 Å². The Bertz CT molecular complexity index is 3160. The summed E-state index contributed by atoms with van der Waals surface area (Å²) in [6.07, 6.45) is 0. The van der Waals surface area contributed by atoms with E-state index in [0.29, 0.717) is 0 Å². The Morgan fingerprint density at radius 2 is 0.714 bits per heavy atom. The van der Waals surface area contributed by atoms with Crippen molar-refractivity contribution in [3.05, 3.63) is 276 Å². The van der Waals surface area contributed by atoms with Crippen molar-refractivity contribution in [1.82, 2.24) is 9.97 Å². The van der Waals surface area contributed by atoms with Crippen molar-refractivity contribution in [2.45, 2.75) is 11.8 Å². The van der Waals surface area contributed by atoms with Crippen LogP contribution in [0.4, 0.5) is 0 Å². The number of hydrogen-bond donors (Lipinski definition) is 0. The van der Waals surface area contributed by atoms with E-state index in [2.05, 4.69) is 243 Å². The molecule has 0 saturated heterocycles. The highest BCUT2D eigenvalue weighted by Crippen LogP contribution is 2.57. The van der Waals surface area contributed by atoms with Crippen molar-refractivity contribution in [1.29, 1.82) is 0 Å². The van der Waals surface area contributed by atoms with Crippen LogP contribution in [0.25, 0.3) is 45.0 Å². The van der Waals surface area contributed by atoms with Crippen molar-refractivity contribution in [2.75, 3.05) is 0 Å². The van der Waals surface area contributed by atoms with Crippen LogP contribution < -0.4 is 20.7 Å². The Balaban J connectivity index is 1.15. The predicted octanol–water partition coefficient (Wildman–Crippen LogP) is 11.5. The molecule has 0 fully saturated rings. The molecule has 3 heteroatoms. The van der Waals surface area contributed by atoms with E-state index in [0.717, 1.165) is 33.9 Å².